The Kier molecular flexibility index (Phi) is 4.13. The van der Waals surface area contributed by atoms with Gasteiger partial charge in [-0.3, -0.25) is 0 Å². The summed E-state index contributed by atoms with van der Waals surface area (Å²) in [6.45, 7) is 0. The van der Waals surface area contributed by atoms with Crippen molar-refractivity contribution in [1.29, 1.82) is 0 Å². The number of alkyl halides is 3. The zero-order valence-electron chi connectivity index (χ0n) is 14.3. The van der Waals surface area contributed by atoms with Gasteiger partial charge in [0.05, 0.1) is 16.3 Å². The predicted octanol–water partition coefficient (Wildman–Crippen LogP) is 3.03. The van der Waals surface area contributed by atoms with Gasteiger partial charge in [0, 0.05) is 0 Å². The Hall–Kier alpha value is -2.65. The second-order valence-corrected chi connectivity index (χ2v) is 8.60. The number of benzene rings is 2. The van der Waals surface area contributed by atoms with Crippen molar-refractivity contribution in [2.75, 3.05) is 10.7 Å². The van der Waals surface area contributed by atoms with Crippen molar-refractivity contribution >= 4 is 27.4 Å². The van der Waals surface area contributed by atoms with Gasteiger partial charge in [0.25, 0.3) is 5.72 Å². The molecular formula is C19H15F3N2O3S. The van der Waals surface area contributed by atoms with Gasteiger partial charge in [-0.1, -0.05) is 36.4 Å². The van der Waals surface area contributed by atoms with Crippen LogP contribution < -0.4 is 4.90 Å². The number of halogens is 3. The van der Waals surface area contributed by atoms with Crippen LogP contribution in [0.3, 0.4) is 0 Å². The van der Waals surface area contributed by atoms with Crippen LogP contribution >= 0.6 is 0 Å². The molecule has 0 fully saturated rings. The third kappa shape index (κ3) is 2.82. The van der Waals surface area contributed by atoms with Crippen molar-refractivity contribution in [1.82, 2.24) is 0 Å². The maximum Gasteiger partial charge on any atom is 0.440 e. The number of sulfone groups is 1. The Morgan fingerprint density at radius 3 is 2.36 bits per heavy atom. The zero-order chi connectivity index (χ0) is 20.2. The molecular weight excluding hydrogens is 393 g/mol. The first-order valence-electron chi connectivity index (χ1n) is 8.36. The van der Waals surface area contributed by atoms with E-state index in [-0.39, 0.29) is 10.7 Å². The quantitative estimate of drug-likeness (QED) is 0.848. The highest BCUT2D eigenvalue weighted by molar-refractivity contribution is 7.91. The summed E-state index contributed by atoms with van der Waals surface area (Å²) in [5.41, 5.74) is -2.58. The average Bonchev–Trinajstić information content (AvgIpc) is 2.95. The van der Waals surface area contributed by atoms with Crippen molar-refractivity contribution in [3.63, 3.8) is 0 Å². The molecule has 0 spiro atoms. The van der Waals surface area contributed by atoms with E-state index in [0.29, 0.717) is 11.3 Å². The third-order valence-corrected chi connectivity index (χ3v) is 6.56. The van der Waals surface area contributed by atoms with E-state index in [1.807, 2.05) is 0 Å². The molecule has 0 aromatic heterocycles. The van der Waals surface area contributed by atoms with Gasteiger partial charge in [-0.15, -0.1) is 0 Å². The number of amidine groups is 1. The van der Waals surface area contributed by atoms with Crippen LogP contribution in [0.25, 0.3) is 6.08 Å². The zero-order valence-corrected chi connectivity index (χ0v) is 15.2. The average molecular weight is 408 g/mol. The molecule has 5 nitrogen and oxygen atoms in total. The number of hydrogen-bond donors (Lipinski definition) is 1. The molecule has 2 atom stereocenters. The topological polar surface area (TPSA) is 70.0 Å². The van der Waals surface area contributed by atoms with Gasteiger partial charge >= 0.3 is 6.18 Å². The van der Waals surface area contributed by atoms with Crippen molar-refractivity contribution in [3.8, 4) is 0 Å². The minimum absolute atomic E-state index is 0.117. The van der Waals surface area contributed by atoms with Crippen LogP contribution in [-0.2, 0) is 9.84 Å². The number of aliphatic hydroxyl groups is 1. The normalized spacial score (nSPS) is 23.9. The highest BCUT2D eigenvalue weighted by Crippen LogP contribution is 2.45. The van der Waals surface area contributed by atoms with Crippen LogP contribution in [0.1, 0.15) is 5.56 Å². The first kappa shape index (κ1) is 18.7. The van der Waals surface area contributed by atoms with Gasteiger partial charge in [0.15, 0.2) is 9.84 Å². The van der Waals surface area contributed by atoms with Crippen LogP contribution in [0.15, 0.2) is 70.6 Å². The third-order valence-electron chi connectivity index (χ3n) is 4.81. The van der Waals surface area contributed by atoms with Crippen molar-refractivity contribution in [2.24, 2.45) is 4.99 Å². The molecule has 2 aromatic carbocycles. The van der Waals surface area contributed by atoms with Crippen LogP contribution in [0.2, 0.25) is 0 Å². The van der Waals surface area contributed by atoms with Crippen LogP contribution in [0, 0.1) is 0 Å². The summed E-state index contributed by atoms with van der Waals surface area (Å²) < 4.78 is 67.0. The summed E-state index contributed by atoms with van der Waals surface area (Å²) in [4.78, 5) is 4.53. The van der Waals surface area contributed by atoms with Crippen LogP contribution in [-0.4, -0.2) is 43.1 Å². The molecule has 2 aliphatic heterocycles. The maximum absolute atomic E-state index is 13.8. The Morgan fingerprint density at radius 2 is 1.68 bits per heavy atom. The number of para-hydroxylation sites is 1. The number of anilines is 1. The molecule has 146 valence electrons. The lowest BCUT2D eigenvalue weighted by molar-refractivity contribution is -0.258. The molecule has 2 heterocycles. The summed E-state index contributed by atoms with van der Waals surface area (Å²) in [6, 6.07) is 11.9. The van der Waals surface area contributed by atoms with E-state index in [2.05, 4.69) is 4.99 Å². The van der Waals surface area contributed by atoms with Crippen molar-refractivity contribution < 1.29 is 26.7 Å². The standard InChI is InChI=1S/C19H15F3N2O3S/c20-19(21,22)18(25)16(12-28(26,27)14-7-2-1-3-8-14)24-15-9-5-4-6-13(15)10-11-17(24)23-18/h1-11,16,25H,12H2/t16-,18-/m0/s1. The lowest BCUT2D eigenvalue weighted by Gasteiger charge is -2.36. The molecule has 28 heavy (non-hydrogen) atoms. The Labute approximate surface area is 159 Å². The number of aliphatic imine (C=N–C) groups is 1. The number of fused-ring (bicyclic) bond motifs is 3. The van der Waals surface area contributed by atoms with Crippen molar-refractivity contribution in [3.05, 3.63) is 66.2 Å². The minimum atomic E-state index is -5.16. The molecule has 9 heteroatoms. The Morgan fingerprint density at radius 1 is 1.04 bits per heavy atom. The summed E-state index contributed by atoms with van der Waals surface area (Å²) in [5, 5.41) is 10.5. The first-order chi connectivity index (χ1) is 13.1. The molecule has 4 rings (SSSR count). The van der Waals surface area contributed by atoms with Crippen molar-refractivity contribution in [2.45, 2.75) is 22.8 Å². The lowest BCUT2D eigenvalue weighted by Crippen LogP contribution is -2.58. The molecule has 0 unspecified atom stereocenters. The van der Waals surface area contributed by atoms with Crippen LogP contribution in [0.5, 0.6) is 0 Å². The van der Waals surface area contributed by atoms with Gasteiger partial charge in [-0.25, -0.2) is 13.4 Å². The summed E-state index contributed by atoms with van der Waals surface area (Å²) in [6.07, 6.45) is -2.24. The van der Waals surface area contributed by atoms with E-state index in [1.165, 1.54) is 30.3 Å². The molecule has 0 amide bonds. The second kappa shape index (κ2) is 6.18. The van der Waals surface area contributed by atoms with E-state index < -0.39 is 33.5 Å². The Bertz CT molecular complexity index is 1080. The molecule has 2 aliphatic rings. The maximum atomic E-state index is 13.8. The Balaban J connectivity index is 1.84. The van der Waals surface area contributed by atoms with Gasteiger partial charge in [-0.05, 0) is 35.9 Å². The monoisotopic (exact) mass is 408 g/mol. The minimum Gasteiger partial charge on any atom is -0.360 e. The molecule has 0 saturated heterocycles. The fourth-order valence-electron chi connectivity index (χ4n) is 3.44. The van der Waals surface area contributed by atoms with Gasteiger partial charge in [0.1, 0.15) is 11.9 Å². The molecule has 0 bridgehead atoms. The highest BCUT2D eigenvalue weighted by atomic mass is 32.2. The molecule has 0 aliphatic carbocycles. The van der Waals surface area contributed by atoms with Gasteiger partial charge < -0.3 is 10.0 Å². The lowest BCUT2D eigenvalue weighted by atomic mass is 10.0. The number of nitrogens with zero attached hydrogens (tertiary/aromatic N) is 2. The van der Waals surface area contributed by atoms with Gasteiger partial charge in [-0.2, -0.15) is 13.2 Å². The molecule has 2 aromatic rings. The first-order valence-corrected chi connectivity index (χ1v) is 10.0. The summed E-state index contributed by atoms with van der Waals surface area (Å²) >= 11 is 0. The van der Waals surface area contributed by atoms with E-state index >= 15 is 0 Å². The van der Waals surface area contributed by atoms with E-state index in [4.69, 9.17) is 0 Å². The smallest absolute Gasteiger partial charge is 0.360 e. The van der Waals surface area contributed by atoms with Crippen LogP contribution in [0.4, 0.5) is 18.9 Å². The summed E-state index contributed by atoms with van der Waals surface area (Å²) in [5.74, 6) is -1.09. The fraction of sp³-hybridized carbons (Fsp3) is 0.211. The molecule has 0 saturated carbocycles. The number of hydrogen-bond acceptors (Lipinski definition) is 5. The fourth-order valence-corrected chi connectivity index (χ4v) is 5.00. The molecule has 1 N–H and O–H groups in total. The number of rotatable bonds is 3. The second-order valence-electron chi connectivity index (χ2n) is 6.57. The van der Waals surface area contributed by atoms with E-state index in [1.54, 1.807) is 36.4 Å². The highest BCUT2D eigenvalue weighted by Gasteiger charge is 2.65. The SMILES string of the molecule is O=S(=O)(C[C@@H]1N2C(=N[C@@]1(O)C(F)(F)F)C=Cc1ccccc12)c1ccccc1. The largest absolute Gasteiger partial charge is 0.440 e. The van der Waals surface area contributed by atoms with E-state index in [9.17, 15) is 26.7 Å². The van der Waals surface area contributed by atoms with Gasteiger partial charge in [0.2, 0.25) is 0 Å². The van der Waals surface area contributed by atoms with E-state index in [0.717, 1.165) is 4.90 Å². The predicted molar refractivity (Wildman–Crippen MR) is 98.7 cm³/mol. The molecule has 0 radical (unpaired) electrons. The summed E-state index contributed by atoms with van der Waals surface area (Å²) in [7, 11) is -4.13.